The number of anilines is 1. The third-order valence-corrected chi connectivity index (χ3v) is 5.31. The largest absolute Gasteiger partial charge is 0.351 e. The first-order valence-electron chi connectivity index (χ1n) is 8.85. The van der Waals surface area contributed by atoms with Crippen LogP contribution in [0.1, 0.15) is 37.3 Å². The summed E-state index contributed by atoms with van der Waals surface area (Å²) in [5.41, 5.74) is 3.20. The Kier molecular flexibility index (Phi) is 5.77. The van der Waals surface area contributed by atoms with Gasteiger partial charge in [-0.1, -0.05) is 53.2 Å². The Bertz CT molecular complexity index is 804. The average Bonchev–Trinajstić information content (AvgIpc) is 2.61. The molecule has 2 amide bonds. The Hall–Kier alpha value is -2.14. The maximum Gasteiger partial charge on any atom is 0.227 e. The quantitative estimate of drug-likeness (QED) is 0.820. The lowest BCUT2D eigenvalue weighted by Crippen LogP contribution is -2.50. The summed E-state index contributed by atoms with van der Waals surface area (Å²) >= 11 is 3.44. The monoisotopic (exact) mass is 414 g/mol. The number of halogens is 1. The molecule has 0 fully saturated rings. The predicted molar refractivity (Wildman–Crippen MR) is 107 cm³/mol. The average molecular weight is 415 g/mol. The van der Waals surface area contributed by atoms with Crippen molar-refractivity contribution >= 4 is 33.4 Å². The number of rotatable bonds is 4. The number of carbonyl (C=O) groups excluding carboxylic acids is 2. The molecule has 4 nitrogen and oxygen atoms in total. The van der Waals surface area contributed by atoms with E-state index in [1.54, 1.807) is 0 Å². The molecule has 26 heavy (non-hydrogen) atoms. The second kappa shape index (κ2) is 8.04. The molecule has 1 N–H and O–H groups in total. The minimum atomic E-state index is -0.0648. The first-order valence-corrected chi connectivity index (χ1v) is 9.64. The van der Waals surface area contributed by atoms with Gasteiger partial charge in [-0.2, -0.15) is 0 Å². The zero-order valence-electron chi connectivity index (χ0n) is 15.0. The van der Waals surface area contributed by atoms with Crippen molar-refractivity contribution in [2.45, 2.75) is 38.6 Å². The molecule has 136 valence electrons. The van der Waals surface area contributed by atoms with Crippen LogP contribution in [0.3, 0.4) is 0 Å². The summed E-state index contributed by atoms with van der Waals surface area (Å²) < 4.78 is 1.03. The molecule has 1 heterocycles. The third-order valence-electron chi connectivity index (χ3n) is 4.78. The number of hydrogen-bond acceptors (Lipinski definition) is 2. The van der Waals surface area contributed by atoms with E-state index >= 15 is 0 Å². The first-order chi connectivity index (χ1) is 12.4. The van der Waals surface area contributed by atoms with Crippen LogP contribution in [-0.2, 0) is 16.0 Å². The lowest BCUT2D eigenvalue weighted by atomic mass is 9.94. The zero-order valence-corrected chi connectivity index (χ0v) is 16.6. The Morgan fingerprint density at radius 1 is 1.19 bits per heavy atom. The lowest BCUT2D eigenvalue weighted by Gasteiger charge is -2.35. The second-order valence-electron chi connectivity index (χ2n) is 6.89. The maximum absolute atomic E-state index is 13.0. The molecule has 2 aromatic carbocycles. The number of benzene rings is 2. The van der Waals surface area contributed by atoms with Crippen LogP contribution in [0.2, 0.25) is 0 Å². The molecule has 0 bridgehead atoms. The number of nitrogens with one attached hydrogen (secondary N) is 1. The fraction of sp³-hybridized carbons (Fsp3) is 0.333. The molecule has 2 atom stereocenters. The van der Waals surface area contributed by atoms with Gasteiger partial charge in [0.05, 0.1) is 6.04 Å². The van der Waals surface area contributed by atoms with Gasteiger partial charge < -0.3 is 10.2 Å². The SMILES string of the molecule is CC(=O)NC1Cc2ccccc2N(C(=O)CC(C)c2ccc(Br)cc2)C1. The molecule has 0 radical (unpaired) electrons. The molecule has 5 heteroatoms. The van der Waals surface area contributed by atoms with Gasteiger partial charge in [-0.25, -0.2) is 0 Å². The molecular weight excluding hydrogens is 392 g/mol. The highest BCUT2D eigenvalue weighted by Gasteiger charge is 2.29. The molecule has 2 unspecified atom stereocenters. The van der Waals surface area contributed by atoms with Gasteiger partial charge >= 0.3 is 0 Å². The van der Waals surface area contributed by atoms with E-state index in [2.05, 4.69) is 28.2 Å². The summed E-state index contributed by atoms with van der Waals surface area (Å²) in [6.07, 6.45) is 1.19. The van der Waals surface area contributed by atoms with E-state index in [9.17, 15) is 9.59 Å². The molecule has 0 aliphatic carbocycles. The molecular formula is C21H23BrN2O2. The van der Waals surface area contributed by atoms with Crippen LogP contribution in [0, 0.1) is 0 Å². The van der Waals surface area contributed by atoms with Crippen LogP contribution >= 0.6 is 15.9 Å². The predicted octanol–water partition coefficient (Wildman–Crippen LogP) is 4.04. The summed E-state index contributed by atoms with van der Waals surface area (Å²) in [5.74, 6) is 0.150. The molecule has 1 aliphatic heterocycles. The number of hydrogen-bond donors (Lipinski definition) is 1. The molecule has 0 saturated heterocycles. The molecule has 0 spiro atoms. The smallest absolute Gasteiger partial charge is 0.227 e. The van der Waals surface area contributed by atoms with Crippen molar-refractivity contribution in [3.63, 3.8) is 0 Å². The van der Waals surface area contributed by atoms with Gasteiger partial charge in [0, 0.05) is 30.0 Å². The van der Waals surface area contributed by atoms with Gasteiger partial charge in [-0.3, -0.25) is 9.59 Å². The standard InChI is InChI=1S/C21H23BrN2O2/c1-14(16-7-9-18(22)10-8-16)11-21(26)24-13-19(23-15(2)25)12-17-5-3-4-6-20(17)24/h3-10,14,19H,11-13H2,1-2H3,(H,23,25). The van der Waals surface area contributed by atoms with Crippen LogP contribution in [0.15, 0.2) is 53.0 Å². The van der Waals surface area contributed by atoms with Crippen molar-refractivity contribution in [1.29, 1.82) is 0 Å². The van der Waals surface area contributed by atoms with E-state index in [1.165, 1.54) is 6.92 Å². The van der Waals surface area contributed by atoms with Gasteiger partial charge in [0.25, 0.3) is 0 Å². The van der Waals surface area contributed by atoms with Crippen LogP contribution in [0.25, 0.3) is 0 Å². The van der Waals surface area contributed by atoms with Gasteiger partial charge in [0.1, 0.15) is 0 Å². The summed E-state index contributed by atoms with van der Waals surface area (Å²) in [7, 11) is 0. The van der Waals surface area contributed by atoms with Crippen molar-refractivity contribution in [2.75, 3.05) is 11.4 Å². The third kappa shape index (κ3) is 4.33. The van der Waals surface area contributed by atoms with Gasteiger partial charge in [0.15, 0.2) is 0 Å². The van der Waals surface area contributed by atoms with E-state index in [1.807, 2.05) is 53.4 Å². The summed E-state index contributed by atoms with van der Waals surface area (Å²) in [5, 5.41) is 2.96. The summed E-state index contributed by atoms with van der Waals surface area (Å²) in [6, 6.07) is 16.0. The fourth-order valence-electron chi connectivity index (χ4n) is 3.50. The summed E-state index contributed by atoms with van der Waals surface area (Å²) in [4.78, 5) is 26.3. The fourth-order valence-corrected chi connectivity index (χ4v) is 3.76. The Balaban J connectivity index is 1.78. The van der Waals surface area contributed by atoms with Crippen molar-refractivity contribution in [3.05, 3.63) is 64.1 Å². The minimum Gasteiger partial charge on any atom is -0.351 e. The van der Waals surface area contributed by atoms with E-state index in [-0.39, 0.29) is 23.8 Å². The number of carbonyl (C=O) groups is 2. The van der Waals surface area contributed by atoms with E-state index in [4.69, 9.17) is 0 Å². The van der Waals surface area contributed by atoms with Crippen LogP contribution < -0.4 is 10.2 Å². The normalized spacial score (nSPS) is 17.3. The maximum atomic E-state index is 13.0. The van der Waals surface area contributed by atoms with Gasteiger partial charge in [0.2, 0.25) is 11.8 Å². The number of para-hydroxylation sites is 1. The molecule has 0 saturated carbocycles. The summed E-state index contributed by atoms with van der Waals surface area (Å²) in [6.45, 7) is 4.10. The van der Waals surface area contributed by atoms with Crippen LogP contribution in [0.5, 0.6) is 0 Å². The Labute approximate surface area is 162 Å². The van der Waals surface area contributed by atoms with Gasteiger partial charge in [-0.05, 0) is 41.7 Å². The van der Waals surface area contributed by atoms with Crippen LogP contribution in [0.4, 0.5) is 5.69 Å². The van der Waals surface area contributed by atoms with Crippen molar-refractivity contribution in [1.82, 2.24) is 5.32 Å². The van der Waals surface area contributed by atoms with E-state index in [0.29, 0.717) is 13.0 Å². The van der Waals surface area contributed by atoms with Gasteiger partial charge in [-0.15, -0.1) is 0 Å². The Morgan fingerprint density at radius 2 is 1.88 bits per heavy atom. The topological polar surface area (TPSA) is 49.4 Å². The lowest BCUT2D eigenvalue weighted by molar-refractivity contribution is -0.121. The van der Waals surface area contributed by atoms with Crippen molar-refractivity contribution < 1.29 is 9.59 Å². The first kappa shape index (κ1) is 18.6. The highest BCUT2D eigenvalue weighted by Crippen LogP contribution is 2.30. The van der Waals surface area contributed by atoms with E-state index < -0.39 is 0 Å². The second-order valence-corrected chi connectivity index (χ2v) is 7.81. The van der Waals surface area contributed by atoms with Crippen LogP contribution in [-0.4, -0.2) is 24.4 Å². The highest BCUT2D eigenvalue weighted by atomic mass is 79.9. The number of nitrogens with zero attached hydrogens (tertiary/aromatic N) is 1. The zero-order chi connectivity index (χ0) is 18.7. The van der Waals surface area contributed by atoms with Crippen molar-refractivity contribution in [2.24, 2.45) is 0 Å². The molecule has 3 rings (SSSR count). The Morgan fingerprint density at radius 3 is 2.58 bits per heavy atom. The molecule has 2 aromatic rings. The number of fused-ring (bicyclic) bond motifs is 1. The van der Waals surface area contributed by atoms with Crippen molar-refractivity contribution in [3.8, 4) is 0 Å². The minimum absolute atomic E-state index is 0.0469. The highest BCUT2D eigenvalue weighted by molar-refractivity contribution is 9.10. The number of amides is 2. The molecule has 0 aromatic heterocycles. The molecule has 1 aliphatic rings. The van der Waals surface area contributed by atoms with E-state index in [0.717, 1.165) is 27.7 Å².